The van der Waals surface area contributed by atoms with Crippen molar-refractivity contribution in [2.75, 3.05) is 13.1 Å². The van der Waals surface area contributed by atoms with Gasteiger partial charge < -0.3 is 5.73 Å². The number of halogens is 2. The average Bonchev–Trinajstić information content (AvgIpc) is 2.35. The molecule has 2 rings (SSSR count). The van der Waals surface area contributed by atoms with Crippen LogP contribution in [0.3, 0.4) is 0 Å². The van der Waals surface area contributed by atoms with Crippen molar-refractivity contribution in [1.29, 1.82) is 0 Å². The summed E-state index contributed by atoms with van der Waals surface area (Å²) in [7, 11) is -3.59. The second-order valence-corrected chi connectivity index (χ2v) is 9.03. The third-order valence-corrected chi connectivity index (χ3v) is 6.61. The Labute approximate surface area is 133 Å². The van der Waals surface area contributed by atoms with Crippen LogP contribution in [-0.2, 0) is 10.0 Å². The van der Waals surface area contributed by atoms with Crippen LogP contribution in [0.5, 0.6) is 0 Å². The van der Waals surface area contributed by atoms with Crippen molar-refractivity contribution in [2.24, 2.45) is 11.1 Å². The van der Waals surface area contributed by atoms with E-state index in [4.69, 9.17) is 17.3 Å². The lowest BCUT2D eigenvalue weighted by Crippen LogP contribution is -2.53. The van der Waals surface area contributed by atoms with Gasteiger partial charge in [0, 0.05) is 23.6 Å². The Hall–Kier alpha value is -0.140. The van der Waals surface area contributed by atoms with Crippen LogP contribution in [0, 0.1) is 5.41 Å². The zero-order chi connectivity index (χ0) is 15.1. The monoisotopic (exact) mass is 380 g/mol. The molecular weight excluding hydrogens is 364 g/mol. The van der Waals surface area contributed by atoms with Crippen molar-refractivity contribution in [3.8, 4) is 0 Å². The van der Waals surface area contributed by atoms with E-state index in [1.165, 1.54) is 4.31 Å². The Bertz CT molecular complexity index is 619. The first kappa shape index (κ1) is 16.2. The van der Waals surface area contributed by atoms with Crippen molar-refractivity contribution < 1.29 is 8.42 Å². The lowest BCUT2D eigenvalue weighted by atomic mass is 9.81. The summed E-state index contributed by atoms with van der Waals surface area (Å²) in [6, 6.07) is 4.85. The van der Waals surface area contributed by atoms with Gasteiger partial charge in [-0.2, -0.15) is 4.31 Å². The molecule has 0 bridgehead atoms. The smallest absolute Gasteiger partial charge is 0.244 e. The Morgan fingerprint density at radius 2 is 2.10 bits per heavy atom. The third-order valence-electron chi connectivity index (χ3n) is 3.79. The Morgan fingerprint density at radius 1 is 1.45 bits per heavy atom. The van der Waals surface area contributed by atoms with Gasteiger partial charge in [0.05, 0.1) is 5.02 Å². The van der Waals surface area contributed by atoms with E-state index in [-0.39, 0.29) is 21.4 Å². The Morgan fingerprint density at radius 3 is 2.70 bits per heavy atom. The fourth-order valence-corrected chi connectivity index (χ4v) is 4.98. The maximum atomic E-state index is 12.7. The van der Waals surface area contributed by atoms with Crippen LogP contribution in [0.1, 0.15) is 20.3 Å². The summed E-state index contributed by atoms with van der Waals surface area (Å²) in [5.41, 5.74) is 5.81. The van der Waals surface area contributed by atoms with E-state index < -0.39 is 10.0 Å². The van der Waals surface area contributed by atoms with E-state index in [0.29, 0.717) is 24.0 Å². The second-order valence-electron chi connectivity index (χ2n) is 5.80. The van der Waals surface area contributed by atoms with Crippen molar-refractivity contribution >= 4 is 37.6 Å². The summed E-state index contributed by atoms with van der Waals surface area (Å²) < 4.78 is 27.6. The maximum absolute atomic E-state index is 12.7. The zero-order valence-corrected chi connectivity index (χ0v) is 14.6. The number of hydrogen-bond acceptors (Lipinski definition) is 3. The highest BCUT2D eigenvalue weighted by Gasteiger charge is 2.39. The number of rotatable bonds is 2. The fraction of sp³-hybridized carbons (Fsp3) is 0.538. The second kappa shape index (κ2) is 5.57. The van der Waals surface area contributed by atoms with Gasteiger partial charge in [0.2, 0.25) is 10.0 Å². The molecule has 112 valence electrons. The first-order valence-corrected chi connectivity index (χ1v) is 8.96. The largest absolute Gasteiger partial charge is 0.327 e. The molecule has 1 heterocycles. The van der Waals surface area contributed by atoms with E-state index in [1.807, 2.05) is 13.8 Å². The summed E-state index contributed by atoms with van der Waals surface area (Å²) in [6.45, 7) is 4.80. The quantitative estimate of drug-likeness (QED) is 0.857. The number of sulfonamides is 1. The summed E-state index contributed by atoms with van der Waals surface area (Å²) in [6.07, 6.45) is 0.651. The average molecular weight is 382 g/mol. The molecule has 1 fully saturated rings. The highest BCUT2D eigenvalue weighted by atomic mass is 79.9. The van der Waals surface area contributed by atoms with Gasteiger partial charge in [-0.1, -0.05) is 41.4 Å². The third kappa shape index (κ3) is 3.04. The molecule has 1 aliphatic heterocycles. The number of benzene rings is 1. The number of nitrogens with zero attached hydrogens (tertiary/aromatic N) is 1. The van der Waals surface area contributed by atoms with Gasteiger partial charge in [-0.15, -0.1) is 0 Å². The Kier molecular flexibility index (Phi) is 4.52. The normalized spacial score (nSPS) is 23.8. The van der Waals surface area contributed by atoms with Crippen molar-refractivity contribution in [3.05, 3.63) is 27.7 Å². The van der Waals surface area contributed by atoms with Crippen LogP contribution in [0.15, 0.2) is 27.6 Å². The molecule has 7 heteroatoms. The molecule has 0 spiro atoms. The molecule has 1 aromatic rings. The first-order valence-electron chi connectivity index (χ1n) is 6.35. The van der Waals surface area contributed by atoms with Gasteiger partial charge in [0.25, 0.3) is 0 Å². The predicted octanol–water partition coefficient (Wildman–Crippen LogP) is 2.85. The van der Waals surface area contributed by atoms with Gasteiger partial charge in [-0.05, 0) is 30.0 Å². The van der Waals surface area contributed by atoms with Gasteiger partial charge in [-0.25, -0.2) is 8.42 Å². The Balaban J connectivity index is 2.38. The summed E-state index contributed by atoms with van der Waals surface area (Å²) in [4.78, 5) is 0.139. The van der Waals surface area contributed by atoms with Gasteiger partial charge in [0.1, 0.15) is 4.90 Å². The van der Waals surface area contributed by atoms with E-state index in [0.717, 1.165) is 0 Å². The molecule has 1 aromatic carbocycles. The standard InChI is InChI=1S/C13H18BrClN2O2S/c1-13(2)8-17(6-5-12(13)16)20(18,19)11-7-9(14)3-4-10(11)15/h3-4,7,12H,5-6,8,16H2,1-2H3. The van der Waals surface area contributed by atoms with Crippen molar-refractivity contribution in [2.45, 2.75) is 31.2 Å². The lowest BCUT2D eigenvalue weighted by Gasteiger charge is -2.41. The summed E-state index contributed by atoms with van der Waals surface area (Å²) in [5.74, 6) is 0. The van der Waals surface area contributed by atoms with E-state index in [9.17, 15) is 8.42 Å². The highest BCUT2D eigenvalue weighted by Crippen LogP contribution is 2.34. The SMILES string of the molecule is CC1(C)CN(S(=O)(=O)c2cc(Br)ccc2Cl)CCC1N. The molecule has 1 atom stereocenters. The van der Waals surface area contributed by atoms with Crippen LogP contribution in [0.2, 0.25) is 5.02 Å². The molecule has 1 unspecified atom stereocenters. The number of piperidine rings is 1. The molecule has 0 saturated carbocycles. The van der Waals surface area contributed by atoms with E-state index in [1.54, 1.807) is 18.2 Å². The molecule has 1 saturated heterocycles. The van der Waals surface area contributed by atoms with Crippen LogP contribution >= 0.6 is 27.5 Å². The molecule has 0 aliphatic carbocycles. The molecule has 4 nitrogen and oxygen atoms in total. The minimum Gasteiger partial charge on any atom is -0.327 e. The lowest BCUT2D eigenvalue weighted by molar-refractivity contribution is 0.155. The first-order chi connectivity index (χ1) is 9.14. The molecular formula is C13H18BrClN2O2S. The van der Waals surface area contributed by atoms with Crippen LogP contribution in [-0.4, -0.2) is 31.9 Å². The predicted molar refractivity (Wildman–Crippen MR) is 84.3 cm³/mol. The van der Waals surface area contributed by atoms with Crippen LogP contribution in [0.25, 0.3) is 0 Å². The summed E-state index contributed by atoms with van der Waals surface area (Å²) in [5, 5.41) is 0.237. The maximum Gasteiger partial charge on any atom is 0.244 e. The molecule has 2 N–H and O–H groups in total. The molecule has 20 heavy (non-hydrogen) atoms. The highest BCUT2D eigenvalue weighted by molar-refractivity contribution is 9.10. The topological polar surface area (TPSA) is 63.4 Å². The van der Waals surface area contributed by atoms with E-state index in [2.05, 4.69) is 15.9 Å². The van der Waals surface area contributed by atoms with Crippen molar-refractivity contribution in [3.63, 3.8) is 0 Å². The van der Waals surface area contributed by atoms with Gasteiger partial charge >= 0.3 is 0 Å². The zero-order valence-electron chi connectivity index (χ0n) is 11.4. The van der Waals surface area contributed by atoms with Crippen LogP contribution in [0.4, 0.5) is 0 Å². The number of hydrogen-bond donors (Lipinski definition) is 1. The fourth-order valence-electron chi connectivity index (χ4n) is 2.34. The van der Waals surface area contributed by atoms with Gasteiger partial charge in [-0.3, -0.25) is 0 Å². The minimum absolute atomic E-state index is 0.00642. The molecule has 0 radical (unpaired) electrons. The molecule has 0 aromatic heterocycles. The van der Waals surface area contributed by atoms with E-state index >= 15 is 0 Å². The summed E-state index contributed by atoms with van der Waals surface area (Å²) >= 11 is 9.33. The molecule has 0 amide bonds. The number of nitrogens with two attached hydrogens (primary N) is 1. The van der Waals surface area contributed by atoms with Crippen molar-refractivity contribution in [1.82, 2.24) is 4.31 Å². The molecule has 1 aliphatic rings. The van der Waals surface area contributed by atoms with Gasteiger partial charge in [0.15, 0.2) is 0 Å². The minimum atomic E-state index is -3.59. The van der Waals surface area contributed by atoms with Crippen LogP contribution < -0.4 is 5.73 Å².